The molecular formula is C15H14ClFN4. The molecule has 6 heteroatoms. The number of rotatable bonds is 4. The Balaban J connectivity index is 2.22. The van der Waals surface area contributed by atoms with Gasteiger partial charge in [-0.15, -0.1) is 0 Å². The van der Waals surface area contributed by atoms with Crippen LogP contribution in [0.4, 0.5) is 10.2 Å². The van der Waals surface area contributed by atoms with Crippen molar-refractivity contribution in [3.8, 4) is 6.07 Å². The largest absolute Gasteiger partial charge is 0.367 e. The van der Waals surface area contributed by atoms with E-state index in [9.17, 15) is 4.39 Å². The van der Waals surface area contributed by atoms with Gasteiger partial charge in [0.05, 0.1) is 5.02 Å². The summed E-state index contributed by atoms with van der Waals surface area (Å²) in [6.45, 7) is 4.16. The zero-order valence-electron chi connectivity index (χ0n) is 11.7. The number of aromatic nitrogens is 2. The van der Waals surface area contributed by atoms with Gasteiger partial charge in [0.25, 0.3) is 0 Å². The van der Waals surface area contributed by atoms with Gasteiger partial charge in [0.2, 0.25) is 0 Å². The quantitative estimate of drug-likeness (QED) is 0.938. The van der Waals surface area contributed by atoms with Crippen molar-refractivity contribution < 1.29 is 4.39 Å². The van der Waals surface area contributed by atoms with E-state index in [1.54, 1.807) is 12.1 Å². The Morgan fingerprint density at radius 2 is 2.05 bits per heavy atom. The van der Waals surface area contributed by atoms with Gasteiger partial charge in [-0.2, -0.15) is 5.26 Å². The summed E-state index contributed by atoms with van der Waals surface area (Å²) in [7, 11) is 0. The van der Waals surface area contributed by atoms with Crippen molar-refractivity contribution in [1.29, 1.82) is 5.26 Å². The van der Waals surface area contributed by atoms with Crippen LogP contribution in [0.3, 0.4) is 0 Å². The van der Waals surface area contributed by atoms with Crippen LogP contribution in [0.25, 0.3) is 0 Å². The fourth-order valence-electron chi connectivity index (χ4n) is 1.98. The smallest absolute Gasteiger partial charge is 0.182 e. The number of halogens is 2. The van der Waals surface area contributed by atoms with Crippen molar-refractivity contribution in [3.63, 3.8) is 0 Å². The van der Waals surface area contributed by atoms with Crippen LogP contribution in [0.15, 0.2) is 30.6 Å². The Morgan fingerprint density at radius 3 is 2.76 bits per heavy atom. The van der Waals surface area contributed by atoms with Crippen LogP contribution < -0.4 is 5.32 Å². The van der Waals surface area contributed by atoms with Crippen LogP contribution in [0, 0.1) is 17.1 Å². The summed E-state index contributed by atoms with van der Waals surface area (Å²) in [6.07, 6.45) is 2.95. The minimum absolute atomic E-state index is 0.0952. The van der Waals surface area contributed by atoms with Crippen LogP contribution in [-0.4, -0.2) is 16.5 Å². The first-order chi connectivity index (χ1) is 9.95. The highest BCUT2D eigenvalue weighted by Crippen LogP contribution is 2.29. The van der Waals surface area contributed by atoms with Crippen molar-refractivity contribution in [2.45, 2.75) is 19.3 Å². The average Bonchev–Trinajstić information content (AvgIpc) is 2.48. The second-order valence-electron chi connectivity index (χ2n) is 5.20. The van der Waals surface area contributed by atoms with Crippen molar-refractivity contribution in [3.05, 3.63) is 52.7 Å². The van der Waals surface area contributed by atoms with E-state index >= 15 is 0 Å². The molecule has 0 radical (unpaired) electrons. The summed E-state index contributed by atoms with van der Waals surface area (Å²) in [5.74, 6) is -0.0406. The van der Waals surface area contributed by atoms with Crippen LogP contribution in [0.5, 0.6) is 0 Å². The fourth-order valence-corrected chi connectivity index (χ4v) is 2.15. The number of nitrogens with one attached hydrogen (secondary N) is 1. The molecule has 1 heterocycles. The average molecular weight is 305 g/mol. The lowest BCUT2D eigenvalue weighted by atomic mass is 9.84. The van der Waals surface area contributed by atoms with Crippen molar-refractivity contribution in [1.82, 2.24) is 9.97 Å². The third-order valence-corrected chi connectivity index (χ3v) is 3.47. The highest BCUT2D eigenvalue weighted by atomic mass is 35.5. The Kier molecular flexibility index (Phi) is 4.39. The first-order valence-electron chi connectivity index (χ1n) is 6.35. The predicted molar refractivity (Wildman–Crippen MR) is 79.7 cm³/mol. The van der Waals surface area contributed by atoms with E-state index in [2.05, 4.69) is 15.3 Å². The predicted octanol–water partition coefficient (Wildman–Crippen LogP) is 3.53. The van der Waals surface area contributed by atoms with Crippen LogP contribution in [-0.2, 0) is 5.41 Å². The molecule has 108 valence electrons. The summed E-state index contributed by atoms with van der Waals surface area (Å²) in [5.41, 5.74) is 0.184. The monoisotopic (exact) mass is 304 g/mol. The van der Waals surface area contributed by atoms with Gasteiger partial charge in [-0.05, 0) is 11.6 Å². The molecule has 0 bridgehead atoms. The molecule has 1 N–H and O–H groups in total. The zero-order valence-corrected chi connectivity index (χ0v) is 12.4. The van der Waals surface area contributed by atoms with E-state index in [4.69, 9.17) is 16.9 Å². The van der Waals surface area contributed by atoms with Crippen molar-refractivity contribution in [2.75, 3.05) is 11.9 Å². The van der Waals surface area contributed by atoms with E-state index < -0.39 is 11.2 Å². The van der Waals surface area contributed by atoms with Gasteiger partial charge in [-0.1, -0.05) is 37.6 Å². The fraction of sp³-hybridized carbons (Fsp3) is 0.267. The molecule has 4 nitrogen and oxygen atoms in total. The molecule has 0 aliphatic carbocycles. The number of anilines is 1. The Labute approximate surface area is 127 Å². The summed E-state index contributed by atoms with van der Waals surface area (Å²) in [4.78, 5) is 7.99. The van der Waals surface area contributed by atoms with E-state index in [0.717, 1.165) is 0 Å². The molecule has 0 atom stereocenters. The number of nitriles is 1. The molecule has 2 rings (SSSR count). The van der Waals surface area contributed by atoms with Gasteiger partial charge >= 0.3 is 0 Å². The molecule has 0 aliphatic rings. The van der Waals surface area contributed by atoms with Gasteiger partial charge in [0.15, 0.2) is 11.5 Å². The maximum Gasteiger partial charge on any atom is 0.182 e. The lowest BCUT2D eigenvalue weighted by molar-refractivity contribution is 0.504. The second kappa shape index (κ2) is 6.06. The molecule has 0 unspecified atom stereocenters. The van der Waals surface area contributed by atoms with Crippen LogP contribution >= 0.6 is 11.6 Å². The Bertz CT molecular complexity index is 694. The molecule has 0 aliphatic heterocycles. The molecule has 0 saturated carbocycles. The van der Waals surface area contributed by atoms with Crippen LogP contribution in [0.1, 0.15) is 25.1 Å². The summed E-state index contributed by atoms with van der Waals surface area (Å²) < 4.78 is 14.1. The van der Waals surface area contributed by atoms with Gasteiger partial charge in [-0.3, -0.25) is 0 Å². The summed E-state index contributed by atoms with van der Waals surface area (Å²) in [5, 5.41) is 12.1. The van der Waals surface area contributed by atoms with E-state index in [1.165, 1.54) is 18.5 Å². The number of hydrogen-bond donors (Lipinski definition) is 1. The SMILES string of the molecule is CC(C)(CNc1nccnc1C#N)c1cccc(Cl)c1F. The second-order valence-corrected chi connectivity index (χ2v) is 5.61. The van der Waals surface area contributed by atoms with E-state index in [-0.39, 0.29) is 10.7 Å². The number of nitrogens with zero attached hydrogens (tertiary/aromatic N) is 3. The highest BCUT2D eigenvalue weighted by Gasteiger charge is 2.25. The van der Waals surface area contributed by atoms with E-state index in [1.807, 2.05) is 19.9 Å². The topological polar surface area (TPSA) is 61.6 Å². The van der Waals surface area contributed by atoms with Gasteiger partial charge in [0.1, 0.15) is 11.9 Å². The van der Waals surface area contributed by atoms with Gasteiger partial charge < -0.3 is 5.32 Å². The first-order valence-corrected chi connectivity index (χ1v) is 6.73. The van der Waals surface area contributed by atoms with Gasteiger partial charge in [0, 0.05) is 24.4 Å². The standard InChI is InChI=1S/C15H14ClFN4/c1-15(2,10-4-3-5-11(16)13(10)17)9-21-14-12(8-18)19-6-7-20-14/h3-7H,9H2,1-2H3,(H,20,21). The number of benzene rings is 1. The third-order valence-electron chi connectivity index (χ3n) is 3.18. The minimum Gasteiger partial charge on any atom is -0.367 e. The summed E-state index contributed by atoms with van der Waals surface area (Å²) in [6, 6.07) is 6.89. The lowest BCUT2D eigenvalue weighted by Crippen LogP contribution is -2.29. The Hall–Kier alpha value is -2.19. The van der Waals surface area contributed by atoms with Crippen molar-refractivity contribution in [2.24, 2.45) is 0 Å². The molecule has 0 saturated heterocycles. The molecule has 21 heavy (non-hydrogen) atoms. The number of hydrogen-bond acceptors (Lipinski definition) is 4. The maximum absolute atomic E-state index is 14.1. The molecule has 0 amide bonds. The zero-order chi connectivity index (χ0) is 15.5. The molecular weight excluding hydrogens is 291 g/mol. The molecule has 1 aromatic carbocycles. The normalized spacial score (nSPS) is 11.0. The molecule has 1 aromatic heterocycles. The van der Waals surface area contributed by atoms with Crippen LogP contribution in [0.2, 0.25) is 5.02 Å². The maximum atomic E-state index is 14.1. The Morgan fingerprint density at radius 1 is 1.33 bits per heavy atom. The van der Waals surface area contributed by atoms with Crippen molar-refractivity contribution >= 4 is 17.4 Å². The third kappa shape index (κ3) is 3.29. The first kappa shape index (κ1) is 15.2. The van der Waals surface area contributed by atoms with E-state index in [0.29, 0.717) is 17.9 Å². The molecule has 0 spiro atoms. The molecule has 2 aromatic rings. The van der Waals surface area contributed by atoms with Gasteiger partial charge in [-0.25, -0.2) is 14.4 Å². The molecule has 0 fully saturated rings. The summed E-state index contributed by atoms with van der Waals surface area (Å²) >= 11 is 5.82. The highest BCUT2D eigenvalue weighted by molar-refractivity contribution is 6.30. The lowest BCUT2D eigenvalue weighted by Gasteiger charge is -2.26. The minimum atomic E-state index is -0.529.